The summed E-state index contributed by atoms with van der Waals surface area (Å²) in [5.41, 5.74) is -0.181. The van der Waals surface area contributed by atoms with Crippen LogP contribution in [0.4, 0.5) is 0 Å². The molecule has 128 valence electrons. The lowest BCUT2D eigenvalue weighted by atomic mass is 9.70. The molecule has 1 rings (SSSR count). The Bertz CT molecular complexity index is 438. The van der Waals surface area contributed by atoms with E-state index < -0.39 is 19.2 Å². The molecule has 0 radical (unpaired) electrons. The molecular weight excluding hydrogens is 303 g/mol. The maximum absolute atomic E-state index is 13.1. The second-order valence-electron chi connectivity index (χ2n) is 6.19. The fourth-order valence-corrected chi connectivity index (χ4v) is 5.68. The van der Waals surface area contributed by atoms with E-state index in [1.165, 1.54) is 0 Å². The van der Waals surface area contributed by atoms with Gasteiger partial charge in [0.05, 0.1) is 13.2 Å². The first-order chi connectivity index (χ1) is 10.3. The van der Waals surface area contributed by atoms with Gasteiger partial charge < -0.3 is 14.2 Å². The second-order valence-corrected chi connectivity index (χ2v) is 8.35. The van der Waals surface area contributed by atoms with Crippen molar-refractivity contribution in [1.82, 2.24) is 0 Å². The maximum Gasteiger partial charge on any atom is 0.345 e. The third-order valence-corrected chi connectivity index (χ3v) is 6.93. The van der Waals surface area contributed by atoms with Crippen molar-refractivity contribution in [3.05, 3.63) is 12.2 Å². The van der Waals surface area contributed by atoms with Crippen LogP contribution in [0, 0.1) is 17.8 Å². The van der Waals surface area contributed by atoms with Crippen LogP contribution in [0.1, 0.15) is 47.0 Å². The summed E-state index contributed by atoms with van der Waals surface area (Å²) in [6.45, 7) is 11.8. The standard InChI is InChI=1S/C16H29O5P/c1-6-20-22(19,21-7-2)15(16(17)18)14-10-12(5)8-9-13(14)11(3)4/h12-15H,3,6-10H2,1-2,4-5H3,(H,17,18)/t12-,13+,14-,15+/m0/s1. The van der Waals surface area contributed by atoms with Gasteiger partial charge >= 0.3 is 13.6 Å². The Hall–Kier alpha value is -0.640. The maximum atomic E-state index is 13.1. The molecule has 0 aliphatic heterocycles. The highest BCUT2D eigenvalue weighted by Gasteiger charge is 2.50. The normalized spacial score (nSPS) is 27.4. The molecule has 0 saturated heterocycles. The first-order valence-corrected chi connectivity index (χ1v) is 9.64. The molecule has 0 aromatic rings. The summed E-state index contributed by atoms with van der Waals surface area (Å²) in [6.07, 6.45) is 2.62. The van der Waals surface area contributed by atoms with Crippen molar-refractivity contribution >= 4 is 13.6 Å². The van der Waals surface area contributed by atoms with E-state index in [9.17, 15) is 14.5 Å². The van der Waals surface area contributed by atoms with Crippen LogP contribution in [-0.4, -0.2) is 29.9 Å². The summed E-state index contributed by atoms with van der Waals surface area (Å²) in [5.74, 6) is -0.913. The summed E-state index contributed by atoms with van der Waals surface area (Å²) in [7, 11) is -3.70. The molecule has 6 heteroatoms. The highest BCUT2D eigenvalue weighted by molar-refractivity contribution is 7.55. The monoisotopic (exact) mass is 332 g/mol. The molecule has 1 fully saturated rings. The Morgan fingerprint density at radius 3 is 2.27 bits per heavy atom. The SMILES string of the molecule is C=C(C)[C@H]1CC[C@H](C)C[C@@H]1[C@H](C(=O)O)P(=O)(OCC)OCC. The van der Waals surface area contributed by atoms with E-state index in [0.717, 1.165) is 18.4 Å². The van der Waals surface area contributed by atoms with Gasteiger partial charge in [-0.2, -0.15) is 0 Å². The van der Waals surface area contributed by atoms with Crippen molar-refractivity contribution in [2.24, 2.45) is 17.8 Å². The van der Waals surface area contributed by atoms with E-state index in [1.807, 2.05) is 6.92 Å². The Balaban J connectivity index is 3.22. The fourth-order valence-electron chi connectivity index (χ4n) is 3.50. The number of rotatable bonds is 8. The minimum Gasteiger partial charge on any atom is -0.481 e. The molecule has 0 bridgehead atoms. The van der Waals surface area contributed by atoms with E-state index in [2.05, 4.69) is 13.5 Å². The van der Waals surface area contributed by atoms with E-state index in [0.29, 0.717) is 12.3 Å². The molecule has 22 heavy (non-hydrogen) atoms. The van der Waals surface area contributed by atoms with Crippen LogP contribution in [-0.2, 0) is 18.4 Å². The van der Waals surface area contributed by atoms with E-state index in [-0.39, 0.29) is 25.0 Å². The minimum absolute atomic E-state index is 0.0477. The summed E-state index contributed by atoms with van der Waals surface area (Å²) >= 11 is 0. The van der Waals surface area contributed by atoms with E-state index in [4.69, 9.17) is 9.05 Å². The quantitative estimate of drug-likeness (QED) is 0.529. The third-order valence-electron chi connectivity index (χ3n) is 4.41. The first-order valence-electron chi connectivity index (χ1n) is 8.03. The largest absolute Gasteiger partial charge is 0.481 e. The van der Waals surface area contributed by atoms with Crippen LogP contribution in [0.15, 0.2) is 12.2 Å². The van der Waals surface area contributed by atoms with Gasteiger partial charge in [0.1, 0.15) is 0 Å². The summed E-state index contributed by atoms with van der Waals surface area (Å²) in [4.78, 5) is 11.9. The molecule has 0 aromatic carbocycles. The predicted molar refractivity (Wildman–Crippen MR) is 87.1 cm³/mol. The van der Waals surface area contributed by atoms with Crippen molar-refractivity contribution < 1.29 is 23.5 Å². The lowest BCUT2D eigenvalue weighted by Gasteiger charge is -2.40. The van der Waals surface area contributed by atoms with Gasteiger partial charge in [0.25, 0.3) is 0 Å². The average molecular weight is 332 g/mol. The number of carboxylic acids is 1. The van der Waals surface area contributed by atoms with Gasteiger partial charge in [0.15, 0.2) is 5.66 Å². The smallest absolute Gasteiger partial charge is 0.345 e. The minimum atomic E-state index is -3.70. The third kappa shape index (κ3) is 4.43. The number of hydrogen-bond acceptors (Lipinski definition) is 4. The van der Waals surface area contributed by atoms with Crippen LogP contribution < -0.4 is 0 Å². The summed E-state index contributed by atoms with van der Waals surface area (Å²) < 4.78 is 23.7. The van der Waals surface area contributed by atoms with Gasteiger partial charge in [-0.25, -0.2) is 0 Å². The molecule has 1 N–H and O–H groups in total. The average Bonchev–Trinajstić information content (AvgIpc) is 2.38. The topological polar surface area (TPSA) is 72.8 Å². The van der Waals surface area contributed by atoms with E-state index in [1.54, 1.807) is 13.8 Å². The van der Waals surface area contributed by atoms with Crippen molar-refractivity contribution in [3.8, 4) is 0 Å². The molecule has 1 aliphatic rings. The van der Waals surface area contributed by atoms with Crippen molar-refractivity contribution in [2.45, 2.75) is 52.6 Å². The number of carbonyl (C=O) groups is 1. The van der Waals surface area contributed by atoms with Crippen LogP contribution in [0.3, 0.4) is 0 Å². The summed E-state index contributed by atoms with van der Waals surface area (Å²) in [5, 5.41) is 9.74. The number of aliphatic carboxylic acids is 1. The van der Waals surface area contributed by atoms with Gasteiger partial charge in [-0.3, -0.25) is 9.36 Å². The molecule has 0 amide bonds. The van der Waals surface area contributed by atoms with Gasteiger partial charge in [-0.05, 0) is 51.4 Å². The zero-order chi connectivity index (χ0) is 16.9. The molecule has 0 heterocycles. The molecule has 5 nitrogen and oxygen atoms in total. The van der Waals surface area contributed by atoms with Crippen LogP contribution in [0.2, 0.25) is 0 Å². The fraction of sp³-hybridized carbons (Fsp3) is 0.812. The Morgan fingerprint density at radius 1 is 1.32 bits per heavy atom. The molecule has 1 aliphatic carbocycles. The molecular formula is C16H29O5P. The van der Waals surface area contributed by atoms with E-state index >= 15 is 0 Å². The Morgan fingerprint density at radius 2 is 1.86 bits per heavy atom. The molecule has 4 atom stereocenters. The van der Waals surface area contributed by atoms with Crippen molar-refractivity contribution in [1.29, 1.82) is 0 Å². The highest BCUT2D eigenvalue weighted by Crippen LogP contribution is 2.59. The van der Waals surface area contributed by atoms with Gasteiger partial charge in [0.2, 0.25) is 0 Å². The van der Waals surface area contributed by atoms with Crippen LogP contribution in [0.25, 0.3) is 0 Å². The number of allylic oxidation sites excluding steroid dienone is 1. The van der Waals surface area contributed by atoms with Crippen molar-refractivity contribution in [2.75, 3.05) is 13.2 Å². The highest BCUT2D eigenvalue weighted by atomic mass is 31.2. The van der Waals surface area contributed by atoms with Gasteiger partial charge in [-0.15, -0.1) is 0 Å². The molecule has 1 saturated carbocycles. The lowest BCUT2D eigenvalue weighted by Crippen LogP contribution is -2.39. The van der Waals surface area contributed by atoms with Gasteiger partial charge in [-0.1, -0.05) is 25.5 Å². The van der Waals surface area contributed by atoms with Crippen LogP contribution in [0.5, 0.6) is 0 Å². The summed E-state index contributed by atoms with van der Waals surface area (Å²) in [6, 6.07) is 0. The number of hydrogen-bond donors (Lipinski definition) is 1. The molecule has 0 unspecified atom stereocenters. The predicted octanol–water partition coefficient (Wildman–Crippen LogP) is 4.33. The van der Waals surface area contributed by atoms with Crippen LogP contribution >= 0.6 is 7.60 Å². The molecule has 0 spiro atoms. The second kappa shape index (κ2) is 8.28. The number of carboxylic acid groups (broad SMARTS) is 1. The Kier molecular flexibility index (Phi) is 7.30. The van der Waals surface area contributed by atoms with Gasteiger partial charge in [0, 0.05) is 0 Å². The van der Waals surface area contributed by atoms with Crippen molar-refractivity contribution in [3.63, 3.8) is 0 Å². The first kappa shape index (κ1) is 19.4. The Labute approximate surface area is 133 Å². The molecule has 0 aromatic heterocycles. The zero-order valence-corrected chi connectivity index (χ0v) is 15.0. The lowest BCUT2D eigenvalue weighted by molar-refractivity contribution is -0.138. The zero-order valence-electron chi connectivity index (χ0n) is 14.1.